The predicted octanol–water partition coefficient (Wildman–Crippen LogP) is 4.96. The van der Waals surface area contributed by atoms with Crippen LogP contribution in [-0.2, 0) is 4.79 Å². The van der Waals surface area contributed by atoms with Crippen LogP contribution in [0.15, 0.2) is 87.5 Å². The molecule has 8 nitrogen and oxygen atoms in total. The van der Waals surface area contributed by atoms with Crippen LogP contribution < -0.4 is 14.9 Å². The molecule has 0 aliphatic carbocycles. The molecule has 3 aromatic carbocycles. The molecular formula is C25H22BrN5O3S. The van der Waals surface area contributed by atoms with Gasteiger partial charge in [0.05, 0.1) is 30.7 Å². The van der Waals surface area contributed by atoms with E-state index in [9.17, 15) is 4.79 Å². The van der Waals surface area contributed by atoms with E-state index in [0.29, 0.717) is 11.0 Å². The lowest BCUT2D eigenvalue weighted by Gasteiger charge is -2.10. The Morgan fingerprint density at radius 2 is 1.83 bits per heavy atom. The van der Waals surface area contributed by atoms with Gasteiger partial charge < -0.3 is 9.47 Å². The Bertz CT molecular complexity index is 1330. The average molecular weight is 552 g/mol. The number of methoxy groups -OCH3 is 2. The van der Waals surface area contributed by atoms with Crippen LogP contribution in [-0.4, -0.2) is 46.9 Å². The van der Waals surface area contributed by atoms with Crippen molar-refractivity contribution in [2.24, 2.45) is 5.10 Å². The maximum Gasteiger partial charge on any atom is 0.250 e. The van der Waals surface area contributed by atoms with Crippen LogP contribution in [0.5, 0.6) is 11.5 Å². The highest BCUT2D eigenvalue weighted by atomic mass is 79.9. The number of ether oxygens (including phenoxy) is 2. The molecule has 0 radical (unpaired) electrons. The number of carbonyl (C=O) groups excluding carboxylic acids is 1. The van der Waals surface area contributed by atoms with Crippen molar-refractivity contribution >= 4 is 39.8 Å². The van der Waals surface area contributed by atoms with E-state index in [4.69, 9.17) is 9.47 Å². The smallest absolute Gasteiger partial charge is 0.250 e. The number of amides is 1. The highest BCUT2D eigenvalue weighted by Gasteiger charge is 2.17. The van der Waals surface area contributed by atoms with Gasteiger partial charge in [-0.1, -0.05) is 30.0 Å². The van der Waals surface area contributed by atoms with Crippen molar-refractivity contribution in [2.45, 2.75) is 5.16 Å². The van der Waals surface area contributed by atoms with Crippen molar-refractivity contribution in [3.8, 4) is 28.6 Å². The van der Waals surface area contributed by atoms with E-state index in [0.717, 1.165) is 32.8 Å². The Morgan fingerprint density at radius 3 is 2.51 bits per heavy atom. The molecule has 1 heterocycles. The molecule has 4 aromatic rings. The molecule has 4 rings (SSSR count). The van der Waals surface area contributed by atoms with Crippen LogP contribution in [0.3, 0.4) is 0 Å². The molecule has 0 aliphatic rings. The van der Waals surface area contributed by atoms with Crippen molar-refractivity contribution in [1.29, 1.82) is 0 Å². The number of carbonyl (C=O) groups is 1. The van der Waals surface area contributed by atoms with Gasteiger partial charge in [-0.3, -0.25) is 9.36 Å². The monoisotopic (exact) mass is 551 g/mol. The standard InChI is InChI=1S/C25H22BrN5O3S/c1-33-20-11-9-18(10-12-20)24-29-30-25(31(24)19-6-4-3-5-7-19)35-16-23(32)28-27-15-17-8-13-22(34-2)21(26)14-17/h3-15H,16H2,1-2H3,(H,28,32). The molecule has 35 heavy (non-hydrogen) atoms. The second-order valence-electron chi connectivity index (χ2n) is 7.18. The summed E-state index contributed by atoms with van der Waals surface area (Å²) in [5, 5.41) is 13.4. The lowest BCUT2D eigenvalue weighted by molar-refractivity contribution is -0.118. The van der Waals surface area contributed by atoms with Gasteiger partial charge in [0.15, 0.2) is 11.0 Å². The minimum absolute atomic E-state index is 0.122. The zero-order valence-electron chi connectivity index (χ0n) is 19.0. The quantitative estimate of drug-likeness (QED) is 0.180. The Balaban J connectivity index is 1.47. The summed E-state index contributed by atoms with van der Waals surface area (Å²) < 4.78 is 13.2. The summed E-state index contributed by atoms with van der Waals surface area (Å²) in [4.78, 5) is 12.4. The van der Waals surface area contributed by atoms with Gasteiger partial charge in [0, 0.05) is 11.3 Å². The van der Waals surface area contributed by atoms with Crippen LogP contribution in [0.1, 0.15) is 5.56 Å². The maximum atomic E-state index is 12.4. The van der Waals surface area contributed by atoms with E-state index >= 15 is 0 Å². The zero-order valence-corrected chi connectivity index (χ0v) is 21.4. The number of benzene rings is 3. The molecule has 1 N–H and O–H groups in total. The molecule has 1 amide bonds. The van der Waals surface area contributed by atoms with Crippen molar-refractivity contribution in [3.05, 3.63) is 82.8 Å². The minimum Gasteiger partial charge on any atom is -0.497 e. The summed E-state index contributed by atoms with van der Waals surface area (Å²) >= 11 is 4.71. The maximum absolute atomic E-state index is 12.4. The molecular weight excluding hydrogens is 530 g/mol. The Hall–Kier alpha value is -3.63. The van der Waals surface area contributed by atoms with Crippen molar-refractivity contribution in [2.75, 3.05) is 20.0 Å². The van der Waals surface area contributed by atoms with Crippen LogP contribution >= 0.6 is 27.7 Å². The molecule has 0 saturated heterocycles. The fourth-order valence-electron chi connectivity index (χ4n) is 3.20. The molecule has 0 saturated carbocycles. The topological polar surface area (TPSA) is 90.6 Å². The highest BCUT2D eigenvalue weighted by molar-refractivity contribution is 9.10. The molecule has 10 heteroatoms. The van der Waals surface area contributed by atoms with Gasteiger partial charge >= 0.3 is 0 Å². The third-order valence-corrected chi connectivity index (χ3v) is 6.46. The first-order valence-corrected chi connectivity index (χ1v) is 12.3. The number of thioether (sulfide) groups is 1. The SMILES string of the molecule is COc1ccc(-c2nnc(SCC(=O)NN=Cc3ccc(OC)c(Br)c3)n2-c2ccccc2)cc1. The molecule has 0 bridgehead atoms. The third kappa shape index (κ3) is 6.09. The van der Waals surface area contributed by atoms with E-state index in [1.807, 2.05) is 77.4 Å². The number of rotatable bonds is 9. The fraction of sp³-hybridized carbons (Fsp3) is 0.120. The third-order valence-electron chi connectivity index (χ3n) is 4.91. The minimum atomic E-state index is -0.257. The summed E-state index contributed by atoms with van der Waals surface area (Å²) in [5.41, 5.74) is 5.15. The second-order valence-corrected chi connectivity index (χ2v) is 8.98. The molecule has 0 spiro atoms. The number of nitrogens with one attached hydrogen (secondary N) is 1. The zero-order chi connectivity index (χ0) is 24.6. The van der Waals surface area contributed by atoms with Gasteiger partial charge in [0.2, 0.25) is 0 Å². The fourth-order valence-corrected chi connectivity index (χ4v) is 4.51. The number of hydrogen-bond donors (Lipinski definition) is 1. The van der Waals surface area contributed by atoms with Crippen LogP contribution in [0, 0.1) is 0 Å². The van der Waals surface area contributed by atoms with Gasteiger partial charge in [-0.2, -0.15) is 5.10 Å². The van der Waals surface area contributed by atoms with Gasteiger partial charge in [0.1, 0.15) is 11.5 Å². The average Bonchev–Trinajstić information content (AvgIpc) is 3.32. The van der Waals surface area contributed by atoms with Crippen molar-refractivity contribution in [3.63, 3.8) is 0 Å². The Morgan fingerprint density at radius 1 is 1.06 bits per heavy atom. The Labute approximate surface area is 215 Å². The number of hydrogen-bond acceptors (Lipinski definition) is 7. The molecule has 1 aromatic heterocycles. The summed E-state index contributed by atoms with van der Waals surface area (Å²) in [6.07, 6.45) is 1.57. The van der Waals surface area contributed by atoms with Crippen LogP contribution in [0.2, 0.25) is 0 Å². The number of para-hydroxylation sites is 1. The van der Waals surface area contributed by atoms with Crippen LogP contribution in [0.25, 0.3) is 17.1 Å². The first-order chi connectivity index (χ1) is 17.1. The Kier molecular flexibility index (Phi) is 8.17. The van der Waals surface area contributed by atoms with E-state index in [-0.39, 0.29) is 11.7 Å². The predicted molar refractivity (Wildman–Crippen MR) is 141 cm³/mol. The highest BCUT2D eigenvalue weighted by Crippen LogP contribution is 2.29. The van der Waals surface area contributed by atoms with Crippen molar-refractivity contribution < 1.29 is 14.3 Å². The number of nitrogens with zero attached hydrogens (tertiary/aromatic N) is 4. The van der Waals surface area contributed by atoms with Gasteiger partial charge in [-0.05, 0) is 76.1 Å². The molecule has 0 atom stereocenters. The van der Waals surface area contributed by atoms with Gasteiger partial charge in [-0.15, -0.1) is 10.2 Å². The largest absolute Gasteiger partial charge is 0.497 e. The number of halogens is 1. The molecule has 0 aliphatic heterocycles. The second kappa shape index (κ2) is 11.7. The van der Waals surface area contributed by atoms with E-state index in [1.165, 1.54) is 11.8 Å². The van der Waals surface area contributed by atoms with Crippen molar-refractivity contribution in [1.82, 2.24) is 20.2 Å². The van der Waals surface area contributed by atoms with Crippen LogP contribution in [0.4, 0.5) is 0 Å². The summed E-state index contributed by atoms with van der Waals surface area (Å²) in [5.74, 6) is 2.02. The molecule has 0 fully saturated rings. The number of hydrazone groups is 1. The normalized spacial score (nSPS) is 10.9. The van der Waals surface area contributed by atoms with Gasteiger partial charge in [-0.25, -0.2) is 5.43 Å². The van der Waals surface area contributed by atoms with E-state index in [2.05, 4.69) is 36.7 Å². The summed E-state index contributed by atoms with van der Waals surface area (Å²) in [6.45, 7) is 0. The number of aromatic nitrogens is 3. The van der Waals surface area contributed by atoms with E-state index in [1.54, 1.807) is 20.4 Å². The summed E-state index contributed by atoms with van der Waals surface area (Å²) in [7, 11) is 3.23. The molecule has 178 valence electrons. The molecule has 0 unspecified atom stereocenters. The van der Waals surface area contributed by atoms with Gasteiger partial charge in [0.25, 0.3) is 5.91 Å². The lowest BCUT2D eigenvalue weighted by Crippen LogP contribution is -2.20. The first kappa shape index (κ1) is 24.5. The summed E-state index contributed by atoms with van der Waals surface area (Å²) in [6, 6.07) is 22.9. The first-order valence-electron chi connectivity index (χ1n) is 10.5. The van der Waals surface area contributed by atoms with E-state index < -0.39 is 0 Å². The lowest BCUT2D eigenvalue weighted by atomic mass is 10.2.